The molecule has 0 saturated carbocycles. The smallest absolute Gasteiger partial charge is 0.148 e. The Morgan fingerprint density at radius 1 is 1.57 bits per heavy atom. The largest absolute Gasteiger partial charge is 0.382 e. The monoisotopic (exact) mass is 194 g/mol. The number of hydrogen-bond donors (Lipinski definition) is 2. The lowest BCUT2D eigenvalue weighted by molar-refractivity contribution is 0.177. The van der Waals surface area contributed by atoms with E-state index < -0.39 is 0 Å². The van der Waals surface area contributed by atoms with Gasteiger partial charge in [0.2, 0.25) is 0 Å². The maximum absolute atomic E-state index is 5.81. The average Bonchev–Trinajstić information content (AvgIpc) is 2.47. The van der Waals surface area contributed by atoms with E-state index in [1.54, 1.807) is 0 Å². The Balaban J connectivity index is 2.42. The Bertz CT molecular complexity index is 329. The molecule has 1 atom stereocenters. The summed E-state index contributed by atoms with van der Waals surface area (Å²) in [6, 6.07) is 0.434. The first kappa shape index (κ1) is 9.52. The number of anilines is 1. The molecule has 1 aromatic rings. The number of H-pyrrole nitrogens is 1. The summed E-state index contributed by atoms with van der Waals surface area (Å²) in [4.78, 5) is 2.37. The van der Waals surface area contributed by atoms with Gasteiger partial charge in [-0.25, -0.2) is 0 Å². The molecule has 78 valence electrons. The van der Waals surface area contributed by atoms with Gasteiger partial charge in [-0.05, 0) is 19.4 Å². The van der Waals surface area contributed by atoms with Gasteiger partial charge >= 0.3 is 0 Å². The van der Waals surface area contributed by atoms with Crippen molar-refractivity contribution < 1.29 is 0 Å². The van der Waals surface area contributed by atoms with Crippen molar-refractivity contribution in [3.05, 3.63) is 11.3 Å². The van der Waals surface area contributed by atoms with E-state index in [1.165, 1.54) is 11.3 Å². The van der Waals surface area contributed by atoms with Crippen molar-refractivity contribution in [2.24, 2.45) is 5.92 Å². The highest BCUT2D eigenvalue weighted by atomic mass is 15.2. The van der Waals surface area contributed by atoms with Crippen LogP contribution in [0, 0.1) is 5.92 Å². The number of likely N-dealkylation sites (N-methyl/N-ethyl adjacent to an activating group) is 1. The molecule has 0 bridgehead atoms. The van der Waals surface area contributed by atoms with Crippen molar-refractivity contribution in [1.29, 1.82) is 0 Å². The number of nitrogens with one attached hydrogen (secondary N) is 1. The molecule has 4 nitrogen and oxygen atoms in total. The molecule has 2 heterocycles. The third-order valence-electron chi connectivity index (χ3n) is 3.05. The fraction of sp³-hybridized carbons (Fsp3) is 0.700. The lowest BCUT2D eigenvalue weighted by atomic mass is 9.92. The van der Waals surface area contributed by atoms with Gasteiger partial charge in [-0.15, -0.1) is 0 Å². The molecule has 0 radical (unpaired) electrons. The summed E-state index contributed by atoms with van der Waals surface area (Å²) in [6.45, 7) is 5.53. The topological polar surface area (TPSA) is 57.9 Å². The maximum atomic E-state index is 5.81. The predicted molar refractivity (Wildman–Crippen MR) is 56.9 cm³/mol. The van der Waals surface area contributed by atoms with Crippen LogP contribution >= 0.6 is 0 Å². The summed E-state index contributed by atoms with van der Waals surface area (Å²) in [5, 5.41) is 7.16. The number of nitrogens with two attached hydrogens (primary N) is 1. The first-order chi connectivity index (χ1) is 6.61. The molecular formula is C10H18N4. The van der Waals surface area contributed by atoms with E-state index >= 15 is 0 Å². The Hall–Kier alpha value is -1.03. The van der Waals surface area contributed by atoms with Crippen molar-refractivity contribution in [1.82, 2.24) is 15.1 Å². The second-order valence-electron chi connectivity index (χ2n) is 4.42. The zero-order chi connectivity index (χ0) is 10.3. The molecule has 0 aromatic carbocycles. The van der Waals surface area contributed by atoms with Gasteiger partial charge in [0.05, 0.1) is 11.7 Å². The Morgan fingerprint density at radius 2 is 2.29 bits per heavy atom. The van der Waals surface area contributed by atoms with E-state index in [0.717, 1.165) is 13.0 Å². The lowest BCUT2D eigenvalue weighted by Gasteiger charge is -2.34. The zero-order valence-electron chi connectivity index (χ0n) is 9.04. The van der Waals surface area contributed by atoms with Gasteiger partial charge in [-0.2, -0.15) is 5.10 Å². The van der Waals surface area contributed by atoms with E-state index in [2.05, 4.69) is 36.0 Å². The molecule has 0 aliphatic carbocycles. The highest BCUT2D eigenvalue weighted by molar-refractivity contribution is 5.44. The van der Waals surface area contributed by atoms with Crippen LogP contribution in [0.25, 0.3) is 0 Å². The van der Waals surface area contributed by atoms with Gasteiger partial charge in [0.25, 0.3) is 0 Å². The maximum Gasteiger partial charge on any atom is 0.148 e. The summed E-state index contributed by atoms with van der Waals surface area (Å²) in [5.74, 6) is 1.26. The Labute approximate surface area is 84.5 Å². The van der Waals surface area contributed by atoms with Crippen LogP contribution in [0.15, 0.2) is 0 Å². The van der Waals surface area contributed by atoms with Crippen LogP contribution in [-0.4, -0.2) is 28.7 Å². The van der Waals surface area contributed by atoms with E-state index in [-0.39, 0.29) is 0 Å². The first-order valence-electron chi connectivity index (χ1n) is 5.14. The molecule has 1 aliphatic rings. The minimum atomic E-state index is 0.434. The summed E-state index contributed by atoms with van der Waals surface area (Å²) >= 11 is 0. The van der Waals surface area contributed by atoms with E-state index in [9.17, 15) is 0 Å². The molecule has 14 heavy (non-hydrogen) atoms. The van der Waals surface area contributed by atoms with Gasteiger partial charge in [-0.3, -0.25) is 10.00 Å². The number of nitrogens with zero attached hydrogens (tertiary/aromatic N) is 2. The number of aromatic amines is 1. The fourth-order valence-corrected chi connectivity index (χ4v) is 2.39. The number of aromatic nitrogens is 2. The Kier molecular flexibility index (Phi) is 2.23. The van der Waals surface area contributed by atoms with Crippen LogP contribution in [0.5, 0.6) is 0 Å². The highest BCUT2D eigenvalue weighted by Crippen LogP contribution is 2.34. The summed E-state index contributed by atoms with van der Waals surface area (Å²) < 4.78 is 0. The van der Waals surface area contributed by atoms with E-state index in [4.69, 9.17) is 5.73 Å². The van der Waals surface area contributed by atoms with Crippen LogP contribution in [0.4, 0.5) is 5.82 Å². The van der Waals surface area contributed by atoms with Crippen LogP contribution in [0.2, 0.25) is 0 Å². The number of hydrogen-bond acceptors (Lipinski definition) is 3. The van der Waals surface area contributed by atoms with Crippen molar-refractivity contribution in [3.8, 4) is 0 Å². The van der Waals surface area contributed by atoms with E-state index in [1.807, 2.05) is 0 Å². The summed E-state index contributed by atoms with van der Waals surface area (Å²) in [5.41, 5.74) is 8.25. The molecule has 0 spiro atoms. The number of rotatable bonds is 1. The van der Waals surface area contributed by atoms with Crippen LogP contribution in [0.1, 0.15) is 31.1 Å². The summed E-state index contributed by atoms with van der Waals surface area (Å²) in [6.07, 6.45) is 1.01. The van der Waals surface area contributed by atoms with Gasteiger partial charge in [0.1, 0.15) is 5.82 Å². The molecule has 0 saturated heterocycles. The van der Waals surface area contributed by atoms with Gasteiger partial charge in [-0.1, -0.05) is 13.8 Å². The van der Waals surface area contributed by atoms with Crippen molar-refractivity contribution in [2.45, 2.75) is 26.3 Å². The van der Waals surface area contributed by atoms with Crippen molar-refractivity contribution in [2.75, 3.05) is 19.3 Å². The normalized spacial score (nSPS) is 22.7. The lowest BCUT2D eigenvalue weighted by Crippen LogP contribution is -2.35. The molecule has 2 rings (SSSR count). The molecule has 4 heteroatoms. The fourth-order valence-electron chi connectivity index (χ4n) is 2.39. The third kappa shape index (κ3) is 1.30. The molecule has 0 amide bonds. The summed E-state index contributed by atoms with van der Waals surface area (Å²) in [7, 11) is 2.16. The number of fused-ring (bicyclic) bond motifs is 1. The molecule has 1 aromatic heterocycles. The van der Waals surface area contributed by atoms with Gasteiger partial charge < -0.3 is 5.73 Å². The first-order valence-corrected chi connectivity index (χ1v) is 5.14. The van der Waals surface area contributed by atoms with Crippen LogP contribution < -0.4 is 5.73 Å². The number of nitrogen functional groups attached to an aromatic ring is 1. The predicted octanol–water partition coefficient (Wildman–Crippen LogP) is 1.18. The molecule has 3 N–H and O–H groups in total. The standard InChI is InChI=1S/C10H18N4/c1-6(2)9-8-7(4-5-14(9)3)10(11)13-12-8/h6,9H,4-5H2,1-3H3,(H3,11,12,13). The second kappa shape index (κ2) is 3.28. The minimum Gasteiger partial charge on any atom is -0.382 e. The Morgan fingerprint density at radius 3 is 2.93 bits per heavy atom. The van der Waals surface area contributed by atoms with E-state index in [0.29, 0.717) is 17.8 Å². The second-order valence-corrected chi connectivity index (χ2v) is 4.42. The van der Waals surface area contributed by atoms with Crippen LogP contribution in [0.3, 0.4) is 0 Å². The molecule has 1 aliphatic heterocycles. The minimum absolute atomic E-state index is 0.434. The van der Waals surface area contributed by atoms with Crippen molar-refractivity contribution >= 4 is 5.82 Å². The highest BCUT2D eigenvalue weighted by Gasteiger charge is 2.30. The van der Waals surface area contributed by atoms with Gasteiger partial charge in [0.15, 0.2) is 0 Å². The van der Waals surface area contributed by atoms with Crippen LogP contribution in [-0.2, 0) is 6.42 Å². The third-order valence-corrected chi connectivity index (χ3v) is 3.05. The quantitative estimate of drug-likeness (QED) is 0.705. The molecule has 0 fully saturated rings. The zero-order valence-corrected chi connectivity index (χ0v) is 9.04. The SMILES string of the molecule is CC(C)C1c2[nH]nc(N)c2CCN1C. The van der Waals surface area contributed by atoms with Gasteiger partial charge in [0, 0.05) is 12.1 Å². The molecular weight excluding hydrogens is 176 g/mol. The molecule has 1 unspecified atom stereocenters. The average molecular weight is 194 g/mol. The van der Waals surface area contributed by atoms with Crippen molar-refractivity contribution in [3.63, 3.8) is 0 Å².